The van der Waals surface area contributed by atoms with Crippen LogP contribution in [0, 0.1) is 6.92 Å². The van der Waals surface area contributed by atoms with Crippen LogP contribution in [0.3, 0.4) is 0 Å². The number of benzene rings is 2. The van der Waals surface area contributed by atoms with Crippen LogP contribution < -0.4 is 15.5 Å². The molecule has 0 aromatic heterocycles. The van der Waals surface area contributed by atoms with E-state index in [9.17, 15) is 9.59 Å². The SMILES string of the molecule is CSCCC(NC(=O)c1cccc(C)c1)C(=O)Nc1ccc(N2CCCCC2)cc1. The summed E-state index contributed by atoms with van der Waals surface area (Å²) in [6.07, 6.45) is 6.34. The second kappa shape index (κ2) is 11.1. The first-order chi connectivity index (χ1) is 14.6. The Labute approximate surface area is 183 Å². The molecule has 3 rings (SSSR count). The highest BCUT2D eigenvalue weighted by Crippen LogP contribution is 2.22. The minimum atomic E-state index is -0.577. The van der Waals surface area contributed by atoms with E-state index in [2.05, 4.69) is 27.7 Å². The van der Waals surface area contributed by atoms with E-state index < -0.39 is 6.04 Å². The average Bonchev–Trinajstić information content (AvgIpc) is 2.77. The molecule has 1 aliphatic rings. The normalized spacial score (nSPS) is 14.8. The van der Waals surface area contributed by atoms with E-state index in [4.69, 9.17) is 0 Å². The molecule has 2 aromatic carbocycles. The quantitative estimate of drug-likeness (QED) is 0.655. The van der Waals surface area contributed by atoms with Crippen molar-refractivity contribution in [3.63, 3.8) is 0 Å². The fraction of sp³-hybridized carbons (Fsp3) is 0.417. The lowest BCUT2D eigenvalue weighted by atomic mass is 10.1. The van der Waals surface area contributed by atoms with Crippen molar-refractivity contribution in [2.75, 3.05) is 35.3 Å². The molecule has 1 fully saturated rings. The van der Waals surface area contributed by atoms with Crippen molar-refractivity contribution in [3.8, 4) is 0 Å². The second-order valence-corrected chi connectivity index (χ2v) is 8.75. The predicted octanol–water partition coefficient (Wildman–Crippen LogP) is 4.48. The third kappa shape index (κ3) is 6.26. The van der Waals surface area contributed by atoms with E-state index in [1.54, 1.807) is 17.8 Å². The van der Waals surface area contributed by atoms with Crippen molar-refractivity contribution >= 4 is 35.0 Å². The molecule has 160 valence electrons. The van der Waals surface area contributed by atoms with Gasteiger partial charge in [0.05, 0.1) is 0 Å². The van der Waals surface area contributed by atoms with E-state index in [1.807, 2.05) is 43.5 Å². The van der Waals surface area contributed by atoms with Crippen LogP contribution >= 0.6 is 11.8 Å². The van der Waals surface area contributed by atoms with Gasteiger partial charge >= 0.3 is 0 Å². The summed E-state index contributed by atoms with van der Waals surface area (Å²) >= 11 is 1.66. The van der Waals surface area contributed by atoms with Gasteiger partial charge in [-0.15, -0.1) is 0 Å². The lowest BCUT2D eigenvalue weighted by Gasteiger charge is -2.29. The summed E-state index contributed by atoms with van der Waals surface area (Å²) in [7, 11) is 0. The summed E-state index contributed by atoms with van der Waals surface area (Å²) in [6, 6.07) is 14.8. The lowest BCUT2D eigenvalue weighted by molar-refractivity contribution is -0.118. The first-order valence-electron chi connectivity index (χ1n) is 10.6. The maximum atomic E-state index is 12.9. The molecular weight excluding hydrogens is 394 g/mol. The van der Waals surface area contributed by atoms with Gasteiger partial charge in [0.15, 0.2) is 0 Å². The third-order valence-electron chi connectivity index (χ3n) is 5.37. The third-order valence-corrected chi connectivity index (χ3v) is 6.01. The Morgan fingerprint density at radius 3 is 2.47 bits per heavy atom. The van der Waals surface area contributed by atoms with Crippen molar-refractivity contribution in [1.82, 2.24) is 5.32 Å². The fourth-order valence-corrected chi connectivity index (χ4v) is 4.14. The van der Waals surface area contributed by atoms with E-state index in [1.165, 1.54) is 24.9 Å². The summed E-state index contributed by atoms with van der Waals surface area (Å²) < 4.78 is 0. The summed E-state index contributed by atoms with van der Waals surface area (Å²) in [6.45, 7) is 4.13. The zero-order chi connectivity index (χ0) is 21.3. The second-order valence-electron chi connectivity index (χ2n) is 7.76. The monoisotopic (exact) mass is 425 g/mol. The molecule has 2 N–H and O–H groups in total. The number of nitrogens with one attached hydrogen (secondary N) is 2. The fourth-order valence-electron chi connectivity index (χ4n) is 3.67. The van der Waals surface area contributed by atoms with Gasteiger partial charge in [0.1, 0.15) is 6.04 Å². The molecule has 0 saturated carbocycles. The predicted molar refractivity (Wildman–Crippen MR) is 127 cm³/mol. The number of piperidine rings is 1. The molecule has 2 aromatic rings. The first kappa shape index (κ1) is 22.2. The summed E-state index contributed by atoms with van der Waals surface area (Å²) in [5, 5.41) is 5.87. The van der Waals surface area contributed by atoms with Crippen LogP contribution in [0.25, 0.3) is 0 Å². The molecule has 0 aliphatic carbocycles. The number of anilines is 2. The highest BCUT2D eigenvalue weighted by molar-refractivity contribution is 7.98. The highest BCUT2D eigenvalue weighted by atomic mass is 32.2. The number of carbonyl (C=O) groups is 2. The molecule has 0 spiro atoms. The molecular formula is C24H31N3O2S. The van der Waals surface area contributed by atoms with Crippen LogP contribution in [0.4, 0.5) is 11.4 Å². The van der Waals surface area contributed by atoms with Crippen LogP contribution in [0.15, 0.2) is 48.5 Å². The van der Waals surface area contributed by atoms with E-state index >= 15 is 0 Å². The topological polar surface area (TPSA) is 61.4 Å². The van der Waals surface area contributed by atoms with Gasteiger partial charge < -0.3 is 15.5 Å². The molecule has 1 atom stereocenters. The maximum absolute atomic E-state index is 12.9. The van der Waals surface area contributed by atoms with Gasteiger partial charge in [0.2, 0.25) is 5.91 Å². The van der Waals surface area contributed by atoms with Crippen LogP contribution in [0.1, 0.15) is 41.6 Å². The Morgan fingerprint density at radius 1 is 1.07 bits per heavy atom. The smallest absolute Gasteiger partial charge is 0.251 e. The molecule has 1 aliphatic heterocycles. The summed E-state index contributed by atoms with van der Waals surface area (Å²) in [5.74, 6) is 0.385. The van der Waals surface area contributed by atoms with Gasteiger partial charge in [0.25, 0.3) is 5.91 Å². The zero-order valence-electron chi connectivity index (χ0n) is 17.8. The largest absolute Gasteiger partial charge is 0.372 e. The Kier molecular flexibility index (Phi) is 8.20. The Hall–Kier alpha value is -2.47. The van der Waals surface area contributed by atoms with Crippen LogP contribution in [0.5, 0.6) is 0 Å². The molecule has 30 heavy (non-hydrogen) atoms. The number of aryl methyl sites for hydroxylation is 1. The molecule has 1 unspecified atom stereocenters. The molecule has 0 radical (unpaired) electrons. The van der Waals surface area contributed by atoms with Gasteiger partial charge in [0, 0.05) is 30.0 Å². The molecule has 2 amide bonds. The zero-order valence-corrected chi connectivity index (χ0v) is 18.6. The number of hydrogen-bond donors (Lipinski definition) is 2. The van der Waals surface area contributed by atoms with E-state index in [-0.39, 0.29) is 11.8 Å². The van der Waals surface area contributed by atoms with E-state index in [0.717, 1.165) is 30.1 Å². The van der Waals surface area contributed by atoms with Crippen molar-refractivity contribution in [1.29, 1.82) is 0 Å². The van der Waals surface area contributed by atoms with Gasteiger partial charge in [-0.25, -0.2) is 0 Å². The molecule has 0 bridgehead atoms. The van der Waals surface area contributed by atoms with Crippen LogP contribution in [-0.4, -0.2) is 43.0 Å². The number of rotatable bonds is 8. The Balaban J connectivity index is 1.63. The average molecular weight is 426 g/mol. The van der Waals surface area contributed by atoms with Gasteiger partial charge in [-0.1, -0.05) is 17.7 Å². The minimum Gasteiger partial charge on any atom is -0.372 e. The number of amides is 2. The van der Waals surface area contributed by atoms with Gasteiger partial charge in [-0.3, -0.25) is 9.59 Å². The van der Waals surface area contributed by atoms with Gasteiger partial charge in [-0.05, 0) is 81.0 Å². The lowest BCUT2D eigenvalue weighted by Crippen LogP contribution is -2.44. The minimum absolute atomic E-state index is 0.184. The van der Waals surface area contributed by atoms with Crippen molar-refractivity contribution < 1.29 is 9.59 Å². The highest BCUT2D eigenvalue weighted by Gasteiger charge is 2.21. The number of thioether (sulfide) groups is 1. The van der Waals surface area contributed by atoms with Gasteiger partial charge in [-0.2, -0.15) is 11.8 Å². The van der Waals surface area contributed by atoms with Crippen molar-refractivity contribution in [2.45, 2.75) is 38.6 Å². The maximum Gasteiger partial charge on any atom is 0.251 e. The number of carbonyl (C=O) groups excluding carboxylic acids is 2. The molecule has 6 heteroatoms. The molecule has 5 nitrogen and oxygen atoms in total. The van der Waals surface area contributed by atoms with Crippen LogP contribution in [0.2, 0.25) is 0 Å². The standard InChI is InChI=1S/C24H31N3O2S/c1-18-7-6-8-19(17-18)23(28)26-22(13-16-30-2)24(29)25-20-9-11-21(12-10-20)27-14-4-3-5-15-27/h6-12,17,22H,3-5,13-16H2,1-2H3,(H,25,29)(H,26,28). The van der Waals surface area contributed by atoms with Crippen molar-refractivity contribution in [3.05, 3.63) is 59.7 Å². The van der Waals surface area contributed by atoms with E-state index in [0.29, 0.717) is 12.0 Å². The number of hydrogen-bond acceptors (Lipinski definition) is 4. The number of nitrogens with zero attached hydrogens (tertiary/aromatic N) is 1. The summed E-state index contributed by atoms with van der Waals surface area (Å²) in [4.78, 5) is 27.9. The molecule has 1 heterocycles. The first-order valence-corrected chi connectivity index (χ1v) is 12.0. The Bertz CT molecular complexity index is 848. The Morgan fingerprint density at radius 2 is 1.80 bits per heavy atom. The molecule has 1 saturated heterocycles. The summed E-state index contributed by atoms with van der Waals surface area (Å²) in [5.41, 5.74) is 3.53. The van der Waals surface area contributed by atoms with Crippen LogP contribution in [-0.2, 0) is 4.79 Å². The van der Waals surface area contributed by atoms with Crippen molar-refractivity contribution in [2.24, 2.45) is 0 Å².